The number of fused-ring (bicyclic) bond motifs is 1. The Balaban J connectivity index is 2.11. The molecule has 0 saturated carbocycles. The highest BCUT2D eigenvalue weighted by atomic mass is 32.2. The van der Waals surface area contributed by atoms with Crippen molar-refractivity contribution in [3.8, 4) is 0 Å². The molecule has 0 unspecified atom stereocenters. The van der Waals surface area contributed by atoms with Gasteiger partial charge in [0.2, 0.25) is 0 Å². The van der Waals surface area contributed by atoms with Gasteiger partial charge >= 0.3 is 0 Å². The molecule has 0 fully saturated rings. The predicted molar refractivity (Wildman–Crippen MR) is 81.2 cm³/mol. The molecule has 1 heterocycles. The first-order valence-electron chi connectivity index (χ1n) is 6.13. The summed E-state index contributed by atoms with van der Waals surface area (Å²) in [6.45, 7) is 0. The number of aromatic nitrogens is 2. The van der Waals surface area contributed by atoms with Gasteiger partial charge in [-0.15, -0.1) is 0 Å². The van der Waals surface area contributed by atoms with Crippen molar-refractivity contribution >= 4 is 32.3 Å². The maximum atomic E-state index is 12.5. The quantitative estimate of drug-likeness (QED) is 0.721. The van der Waals surface area contributed by atoms with E-state index in [9.17, 15) is 8.42 Å². The molecule has 21 heavy (non-hydrogen) atoms. The summed E-state index contributed by atoms with van der Waals surface area (Å²) in [5, 5.41) is 1.36. The highest BCUT2D eigenvalue weighted by Crippen LogP contribution is 2.25. The van der Waals surface area contributed by atoms with Crippen LogP contribution >= 0.6 is 0 Å². The fourth-order valence-electron chi connectivity index (χ4n) is 2.05. The van der Waals surface area contributed by atoms with Gasteiger partial charge in [0, 0.05) is 23.5 Å². The molecule has 7 heteroatoms. The molecule has 106 valence electrons. The SMILES string of the molecule is Nc1ccc2c(S(=O)(=O)Nc3cnccn3)cccc2c1. The van der Waals surface area contributed by atoms with E-state index < -0.39 is 10.0 Å². The lowest BCUT2D eigenvalue weighted by molar-refractivity contribution is 0.602. The number of nitrogens with zero attached hydrogens (tertiary/aromatic N) is 2. The minimum atomic E-state index is -3.75. The van der Waals surface area contributed by atoms with Crippen molar-refractivity contribution < 1.29 is 8.42 Å². The van der Waals surface area contributed by atoms with Gasteiger partial charge in [-0.1, -0.05) is 18.2 Å². The first-order valence-corrected chi connectivity index (χ1v) is 7.62. The van der Waals surface area contributed by atoms with Gasteiger partial charge in [-0.2, -0.15) is 0 Å². The molecule has 3 N–H and O–H groups in total. The molecule has 6 nitrogen and oxygen atoms in total. The Kier molecular flexibility index (Phi) is 3.19. The van der Waals surface area contributed by atoms with Gasteiger partial charge in [0.15, 0.2) is 5.82 Å². The Morgan fingerprint density at radius 3 is 2.71 bits per heavy atom. The van der Waals surface area contributed by atoms with Crippen LogP contribution in [0.3, 0.4) is 0 Å². The smallest absolute Gasteiger partial charge is 0.263 e. The zero-order valence-electron chi connectivity index (χ0n) is 10.9. The second kappa shape index (κ2) is 5.02. The Morgan fingerprint density at radius 2 is 1.95 bits per heavy atom. The normalized spacial score (nSPS) is 11.4. The minimum absolute atomic E-state index is 0.171. The first kappa shape index (κ1) is 13.3. The van der Waals surface area contributed by atoms with Crippen molar-refractivity contribution in [1.29, 1.82) is 0 Å². The third-order valence-corrected chi connectivity index (χ3v) is 4.37. The van der Waals surface area contributed by atoms with Gasteiger partial charge < -0.3 is 5.73 Å². The van der Waals surface area contributed by atoms with Crippen LogP contribution in [0.5, 0.6) is 0 Å². The number of anilines is 2. The molecule has 3 aromatic rings. The fourth-order valence-corrected chi connectivity index (χ4v) is 3.28. The lowest BCUT2D eigenvalue weighted by Crippen LogP contribution is -2.14. The van der Waals surface area contributed by atoms with E-state index >= 15 is 0 Å². The molecule has 2 aromatic carbocycles. The van der Waals surface area contributed by atoms with Crippen LogP contribution in [-0.2, 0) is 10.0 Å². The zero-order valence-corrected chi connectivity index (χ0v) is 11.7. The average molecular weight is 300 g/mol. The lowest BCUT2D eigenvalue weighted by atomic mass is 10.1. The molecule has 0 amide bonds. The Hall–Kier alpha value is -2.67. The Bertz CT molecular complexity index is 895. The number of nitrogens with one attached hydrogen (secondary N) is 1. The largest absolute Gasteiger partial charge is 0.399 e. The molecular formula is C14H12N4O2S. The molecule has 0 spiro atoms. The molecule has 0 bridgehead atoms. The summed E-state index contributed by atoms with van der Waals surface area (Å²) in [6, 6.07) is 10.1. The summed E-state index contributed by atoms with van der Waals surface area (Å²) in [6.07, 6.45) is 4.24. The van der Waals surface area contributed by atoms with Crippen LogP contribution in [0.1, 0.15) is 0 Å². The summed E-state index contributed by atoms with van der Waals surface area (Å²) in [5.74, 6) is 0.171. The maximum Gasteiger partial charge on any atom is 0.263 e. The zero-order chi connectivity index (χ0) is 14.9. The first-order chi connectivity index (χ1) is 10.1. The summed E-state index contributed by atoms with van der Waals surface area (Å²) in [7, 11) is -3.75. The number of hydrogen-bond donors (Lipinski definition) is 2. The van der Waals surface area contributed by atoms with E-state index in [1.54, 1.807) is 24.3 Å². The number of rotatable bonds is 3. The van der Waals surface area contributed by atoms with Crippen molar-refractivity contribution in [2.75, 3.05) is 10.5 Å². The Labute approximate surface area is 121 Å². The molecule has 0 aliphatic heterocycles. The summed E-state index contributed by atoms with van der Waals surface area (Å²) in [5.41, 5.74) is 6.31. The van der Waals surface area contributed by atoms with E-state index in [0.29, 0.717) is 11.1 Å². The molecule has 3 rings (SSSR count). The molecule has 0 aliphatic rings. The van der Waals surface area contributed by atoms with Gasteiger partial charge in [0.05, 0.1) is 11.1 Å². The topological polar surface area (TPSA) is 98.0 Å². The maximum absolute atomic E-state index is 12.5. The molecule has 0 atom stereocenters. The molecule has 0 radical (unpaired) electrons. The number of hydrogen-bond acceptors (Lipinski definition) is 5. The van der Waals surface area contributed by atoms with Gasteiger partial charge in [0.1, 0.15) is 0 Å². The minimum Gasteiger partial charge on any atom is -0.399 e. The van der Waals surface area contributed by atoms with Gasteiger partial charge in [-0.3, -0.25) is 9.71 Å². The van der Waals surface area contributed by atoms with Crippen LogP contribution in [-0.4, -0.2) is 18.4 Å². The second-order valence-corrected chi connectivity index (χ2v) is 6.08. The summed E-state index contributed by atoms with van der Waals surface area (Å²) >= 11 is 0. The third kappa shape index (κ3) is 2.63. The van der Waals surface area contributed by atoms with Crippen LogP contribution in [0.4, 0.5) is 11.5 Å². The highest BCUT2D eigenvalue weighted by Gasteiger charge is 2.17. The number of nitrogen functional groups attached to an aromatic ring is 1. The van der Waals surface area contributed by atoms with Crippen molar-refractivity contribution in [2.24, 2.45) is 0 Å². The molecule has 0 aliphatic carbocycles. The van der Waals surface area contributed by atoms with Gasteiger partial charge in [0.25, 0.3) is 10.0 Å². The van der Waals surface area contributed by atoms with E-state index in [1.165, 1.54) is 24.7 Å². The number of sulfonamides is 1. The van der Waals surface area contributed by atoms with Crippen molar-refractivity contribution in [3.63, 3.8) is 0 Å². The lowest BCUT2D eigenvalue weighted by Gasteiger charge is -2.10. The van der Waals surface area contributed by atoms with Gasteiger partial charge in [-0.25, -0.2) is 13.4 Å². The average Bonchev–Trinajstić information content (AvgIpc) is 2.47. The molecular weight excluding hydrogens is 288 g/mol. The van der Waals surface area contributed by atoms with Gasteiger partial charge in [-0.05, 0) is 23.6 Å². The van der Waals surface area contributed by atoms with E-state index in [2.05, 4.69) is 14.7 Å². The van der Waals surface area contributed by atoms with Crippen LogP contribution in [0.2, 0.25) is 0 Å². The summed E-state index contributed by atoms with van der Waals surface area (Å²) in [4.78, 5) is 7.91. The predicted octanol–water partition coefficient (Wildman–Crippen LogP) is 2.01. The second-order valence-electron chi connectivity index (χ2n) is 4.43. The van der Waals surface area contributed by atoms with Crippen molar-refractivity contribution in [3.05, 3.63) is 55.0 Å². The van der Waals surface area contributed by atoms with Crippen LogP contribution < -0.4 is 10.5 Å². The fraction of sp³-hybridized carbons (Fsp3) is 0. The van der Waals surface area contributed by atoms with Crippen molar-refractivity contribution in [2.45, 2.75) is 4.90 Å². The van der Waals surface area contributed by atoms with E-state index in [0.717, 1.165) is 5.39 Å². The van der Waals surface area contributed by atoms with E-state index in [1.807, 2.05) is 6.07 Å². The van der Waals surface area contributed by atoms with Crippen LogP contribution in [0, 0.1) is 0 Å². The van der Waals surface area contributed by atoms with E-state index in [4.69, 9.17) is 5.73 Å². The standard InChI is InChI=1S/C14H12N4O2S/c15-11-4-5-12-10(8-11)2-1-3-13(12)21(19,20)18-14-9-16-6-7-17-14/h1-9H,15H2,(H,17,18). The van der Waals surface area contributed by atoms with Crippen LogP contribution in [0.25, 0.3) is 10.8 Å². The number of nitrogens with two attached hydrogens (primary N) is 1. The third-order valence-electron chi connectivity index (χ3n) is 2.96. The van der Waals surface area contributed by atoms with Crippen LogP contribution in [0.15, 0.2) is 59.9 Å². The van der Waals surface area contributed by atoms with Crippen molar-refractivity contribution in [1.82, 2.24) is 9.97 Å². The monoisotopic (exact) mass is 300 g/mol. The van der Waals surface area contributed by atoms with E-state index in [-0.39, 0.29) is 10.7 Å². The number of benzene rings is 2. The Morgan fingerprint density at radius 1 is 1.10 bits per heavy atom. The molecule has 1 aromatic heterocycles. The highest BCUT2D eigenvalue weighted by molar-refractivity contribution is 7.93. The summed E-state index contributed by atoms with van der Waals surface area (Å²) < 4.78 is 27.4. The molecule has 0 saturated heterocycles.